The van der Waals surface area contributed by atoms with Gasteiger partial charge in [-0.1, -0.05) is 23.9 Å². The Morgan fingerprint density at radius 2 is 1.92 bits per heavy atom. The second-order valence-electron chi connectivity index (χ2n) is 6.00. The molecule has 2 heterocycles. The van der Waals surface area contributed by atoms with Gasteiger partial charge in [0, 0.05) is 17.0 Å². The summed E-state index contributed by atoms with van der Waals surface area (Å²) in [5.41, 5.74) is 2.79. The van der Waals surface area contributed by atoms with Crippen LogP contribution < -0.4 is 5.32 Å². The van der Waals surface area contributed by atoms with Gasteiger partial charge in [-0.25, -0.2) is 9.50 Å². The topological polar surface area (TPSA) is 89.2 Å². The fraction of sp³-hybridized carbons (Fsp3) is 0.278. The highest BCUT2D eigenvalue weighted by atomic mass is 32.2. The van der Waals surface area contributed by atoms with E-state index in [9.17, 15) is 9.59 Å². The maximum absolute atomic E-state index is 12.5. The van der Waals surface area contributed by atoms with Gasteiger partial charge in [0.2, 0.25) is 11.1 Å². The number of para-hydroxylation sites is 1. The highest BCUT2D eigenvalue weighted by molar-refractivity contribution is 8.00. The zero-order valence-corrected chi connectivity index (χ0v) is 15.8. The van der Waals surface area contributed by atoms with Crippen molar-refractivity contribution < 1.29 is 9.59 Å². The first-order chi connectivity index (χ1) is 12.3. The highest BCUT2D eigenvalue weighted by Gasteiger charge is 2.19. The van der Waals surface area contributed by atoms with Crippen LogP contribution in [0.2, 0.25) is 0 Å². The first-order valence-corrected chi connectivity index (χ1v) is 9.01. The number of Topliss-reactive ketones (excluding diaryl/α,β-unsaturated/α-hetero) is 1. The Kier molecular flexibility index (Phi) is 5.03. The Hall–Kier alpha value is -2.74. The lowest BCUT2D eigenvalue weighted by Gasteiger charge is -2.12. The number of ketones is 1. The van der Waals surface area contributed by atoms with Crippen molar-refractivity contribution in [2.75, 3.05) is 5.32 Å². The third-order valence-electron chi connectivity index (χ3n) is 3.81. The predicted molar refractivity (Wildman–Crippen MR) is 101 cm³/mol. The molecule has 0 aliphatic heterocycles. The van der Waals surface area contributed by atoms with Crippen molar-refractivity contribution >= 4 is 34.9 Å². The number of aromatic nitrogens is 4. The Bertz CT molecular complexity index is 998. The van der Waals surface area contributed by atoms with Crippen molar-refractivity contribution in [1.29, 1.82) is 0 Å². The van der Waals surface area contributed by atoms with Crippen molar-refractivity contribution in [1.82, 2.24) is 19.6 Å². The number of benzene rings is 1. The summed E-state index contributed by atoms with van der Waals surface area (Å²) >= 11 is 1.25. The molecule has 134 valence electrons. The molecule has 0 radical (unpaired) electrons. The van der Waals surface area contributed by atoms with Crippen LogP contribution in [0.4, 0.5) is 5.69 Å². The van der Waals surface area contributed by atoms with Crippen LogP contribution in [-0.2, 0) is 4.79 Å². The number of rotatable bonds is 5. The number of aryl methyl sites for hydroxylation is 2. The molecule has 0 fully saturated rings. The summed E-state index contributed by atoms with van der Waals surface area (Å²) in [6.45, 7) is 7.07. The molecule has 3 aromatic rings. The molecule has 0 bridgehead atoms. The van der Waals surface area contributed by atoms with Gasteiger partial charge in [-0.05, 0) is 45.9 Å². The zero-order chi connectivity index (χ0) is 18.8. The van der Waals surface area contributed by atoms with Crippen LogP contribution in [0, 0.1) is 13.8 Å². The van der Waals surface area contributed by atoms with Crippen LogP contribution in [0.1, 0.15) is 35.6 Å². The van der Waals surface area contributed by atoms with Gasteiger partial charge in [0.15, 0.2) is 5.78 Å². The number of thioether (sulfide) groups is 1. The Morgan fingerprint density at radius 1 is 1.19 bits per heavy atom. The molecule has 1 aromatic carbocycles. The summed E-state index contributed by atoms with van der Waals surface area (Å²) in [6.07, 6.45) is 0. The first-order valence-electron chi connectivity index (χ1n) is 8.13. The van der Waals surface area contributed by atoms with Crippen LogP contribution in [0.25, 0.3) is 5.78 Å². The van der Waals surface area contributed by atoms with Crippen molar-refractivity contribution in [3.8, 4) is 0 Å². The monoisotopic (exact) mass is 369 g/mol. The third kappa shape index (κ3) is 3.75. The average molecular weight is 369 g/mol. The van der Waals surface area contributed by atoms with Gasteiger partial charge < -0.3 is 5.32 Å². The molecule has 1 unspecified atom stereocenters. The van der Waals surface area contributed by atoms with Gasteiger partial charge in [0.1, 0.15) is 0 Å². The number of fused-ring (bicyclic) bond motifs is 1. The minimum atomic E-state index is -0.436. The number of carbonyl (C=O) groups excluding carboxylic acids is 2. The van der Waals surface area contributed by atoms with E-state index >= 15 is 0 Å². The van der Waals surface area contributed by atoms with Crippen LogP contribution in [0.5, 0.6) is 0 Å². The number of anilines is 1. The zero-order valence-electron chi connectivity index (χ0n) is 15.0. The molecule has 1 N–H and O–H groups in total. The molecular weight excluding hydrogens is 350 g/mol. The van der Waals surface area contributed by atoms with E-state index in [1.54, 1.807) is 35.7 Å². The quantitative estimate of drug-likeness (QED) is 0.549. The molecule has 0 spiro atoms. The van der Waals surface area contributed by atoms with E-state index in [4.69, 9.17) is 0 Å². The second kappa shape index (κ2) is 7.25. The predicted octanol–water partition coefficient (Wildman–Crippen LogP) is 3.06. The Labute approximate surface area is 155 Å². The lowest BCUT2D eigenvalue weighted by atomic mass is 10.1. The molecule has 2 aromatic heterocycles. The SMILES string of the molecule is CC(=O)c1ccccc1NC(=O)C(C)Sc1nc2nc(C)cc(C)n2n1. The van der Waals surface area contributed by atoms with Gasteiger partial charge >= 0.3 is 0 Å². The molecule has 3 rings (SSSR count). The van der Waals surface area contributed by atoms with E-state index in [2.05, 4.69) is 20.4 Å². The number of nitrogens with zero attached hydrogens (tertiary/aromatic N) is 4. The molecule has 7 nitrogen and oxygen atoms in total. The maximum atomic E-state index is 12.5. The van der Waals surface area contributed by atoms with E-state index in [0.717, 1.165) is 11.4 Å². The number of nitrogens with one attached hydrogen (secondary N) is 1. The van der Waals surface area contributed by atoms with E-state index in [1.807, 2.05) is 19.9 Å². The van der Waals surface area contributed by atoms with E-state index in [-0.39, 0.29) is 11.7 Å². The van der Waals surface area contributed by atoms with Crippen LogP contribution in [-0.4, -0.2) is 36.5 Å². The van der Waals surface area contributed by atoms with Crippen molar-refractivity contribution in [2.24, 2.45) is 0 Å². The summed E-state index contributed by atoms with van der Waals surface area (Å²) in [6, 6.07) is 8.87. The van der Waals surface area contributed by atoms with Crippen LogP contribution in [0.3, 0.4) is 0 Å². The molecule has 0 saturated heterocycles. The van der Waals surface area contributed by atoms with Crippen molar-refractivity contribution in [3.05, 3.63) is 47.3 Å². The second-order valence-corrected chi connectivity index (χ2v) is 7.30. The third-order valence-corrected chi connectivity index (χ3v) is 4.77. The standard InChI is InChI=1S/C18H19N5O2S/c1-10-9-11(2)23-17(19-10)21-18(22-23)26-13(4)16(25)20-15-8-6-5-7-14(15)12(3)24/h5-9,13H,1-4H3,(H,20,25). The lowest BCUT2D eigenvalue weighted by molar-refractivity contribution is -0.115. The van der Waals surface area contributed by atoms with E-state index < -0.39 is 5.25 Å². The molecular formula is C18H19N5O2S. The fourth-order valence-electron chi connectivity index (χ4n) is 2.54. The summed E-state index contributed by atoms with van der Waals surface area (Å²) in [5.74, 6) is 0.197. The number of carbonyl (C=O) groups is 2. The minimum Gasteiger partial charge on any atom is -0.324 e. The van der Waals surface area contributed by atoms with Gasteiger partial charge in [0.05, 0.1) is 10.9 Å². The summed E-state index contributed by atoms with van der Waals surface area (Å²) in [4.78, 5) is 32.9. The van der Waals surface area contributed by atoms with Gasteiger partial charge in [-0.3, -0.25) is 9.59 Å². The number of hydrogen-bond donors (Lipinski definition) is 1. The molecule has 0 aliphatic rings. The fourth-order valence-corrected chi connectivity index (χ4v) is 3.29. The molecule has 0 saturated carbocycles. The molecule has 1 amide bonds. The Balaban J connectivity index is 1.76. The highest BCUT2D eigenvalue weighted by Crippen LogP contribution is 2.23. The summed E-state index contributed by atoms with van der Waals surface area (Å²) in [5, 5.41) is 7.25. The number of amides is 1. The normalized spacial score (nSPS) is 12.2. The Morgan fingerprint density at radius 3 is 2.65 bits per heavy atom. The number of hydrogen-bond acceptors (Lipinski definition) is 6. The maximum Gasteiger partial charge on any atom is 0.253 e. The molecule has 26 heavy (non-hydrogen) atoms. The average Bonchev–Trinajstić information content (AvgIpc) is 2.97. The molecule has 8 heteroatoms. The largest absolute Gasteiger partial charge is 0.324 e. The summed E-state index contributed by atoms with van der Waals surface area (Å²) < 4.78 is 1.66. The smallest absolute Gasteiger partial charge is 0.253 e. The van der Waals surface area contributed by atoms with Gasteiger partial charge in [0.25, 0.3) is 5.78 Å². The van der Waals surface area contributed by atoms with E-state index in [0.29, 0.717) is 22.2 Å². The van der Waals surface area contributed by atoms with Crippen molar-refractivity contribution in [2.45, 2.75) is 38.1 Å². The van der Waals surface area contributed by atoms with Crippen LogP contribution >= 0.6 is 11.8 Å². The van der Waals surface area contributed by atoms with Gasteiger partial charge in [-0.15, -0.1) is 5.10 Å². The molecule has 1 atom stereocenters. The first kappa shape index (κ1) is 18.1. The van der Waals surface area contributed by atoms with Crippen molar-refractivity contribution in [3.63, 3.8) is 0 Å². The lowest BCUT2D eigenvalue weighted by Crippen LogP contribution is -2.23. The molecule has 0 aliphatic carbocycles. The van der Waals surface area contributed by atoms with Crippen LogP contribution in [0.15, 0.2) is 35.5 Å². The van der Waals surface area contributed by atoms with Gasteiger partial charge in [-0.2, -0.15) is 4.98 Å². The summed E-state index contributed by atoms with van der Waals surface area (Å²) in [7, 11) is 0. The van der Waals surface area contributed by atoms with E-state index in [1.165, 1.54) is 18.7 Å². The minimum absolute atomic E-state index is 0.0971.